The molecule has 0 heterocycles. The molecule has 0 aromatic heterocycles. The van der Waals surface area contributed by atoms with E-state index in [0.29, 0.717) is 29.6 Å². The third-order valence-corrected chi connectivity index (χ3v) is 3.79. The number of amides is 2. The number of carbonyl (C=O) groups is 2. The Bertz CT molecular complexity index is 871. The minimum atomic E-state index is -0.438. The minimum Gasteiger partial charge on any atom is -0.493 e. The lowest BCUT2D eigenvalue weighted by atomic mass is 10.2. The Balaban J connectivity index is 1.76. The van der Waals surface area contributed by atoms with Crippen molar-refractivity contribution in [3.05, 3.63) is 59.7 Å². The van der Waals surface area contributed by atoms with Gasteiger partial charge < -0.3 is 9.47 Å². The molecule has 0 atom stereocenters. The molecule has 2 rings (SSSR count). The summed E-state index contributed by atoms with van der Waals surface area (Å²) in [6.45, 7) is 6.38. The van der Waals surface area contributed by atoms with Crippen molar-refractivity contribution in [3.8, 4) is 11.5 Å². The number of benzene rings is 2. The molecule has 0 aliphatic heterocycles. The van der Waals surface area contributed by atoms with E-state index in [4.69, 9.17) is 21.7 Å². The molecular formula is C21H25N3O4S. The summed E-state index contributed by atoms with van der Waals surface area (Å²) in [5.74, 6) is 0.722. The van der Waals surface area contributed by atoms with Crippen LogP contribution in [0.25, 0.3) is 0 Å². The number of hydrogen-bond donors (Lipinski definition) is 3. The van der Waals surface area contributed by atoms with E-state index in [1.807, 2.05) is 39.0 Å². The van der Waals surface area contributed by atoms with E-state index in [1.165, 1.54) is 0 Å². The van der Waals surface area contributed by atoms with Crippen LogP contribution in [0.15, 0.2) is 48.5 Å². The lowest BCUT2D eigenvalue weighted by Crippen LogP contribution is -2.49. The van der Waals surface area contributed by atoms with Crippen molar-refractivity contribution in [2.75, 3.05) is 13.2 Å². The van der Waals surface area contributed by atoms with Crippen LogP contribution < -0.4 is 25.6 Å². The Hall–Kier alpha value is -3.13. The van der Waals surface area contributed by atoms with Crippen LogP contribution in [0.4, 0.5) is 0 Å². The number of nitrogens with one attached hydrogen (secondary N) is 3. The van der Waals surface area contributed by atoms with Gasteiger partial charge in [0, 0.05) is 5.56 Å². The highest BCUT2D eigenvalue weighted by Gasteiger charge is 2.10. The van der Waals surface area contributed by atoms with Crippen LogP contribution in [-0.4, -0.2) is 30.1 Å². The molecule has 0 saturated heterocycles. The predicted molar refractivity (Wildman–Crippen MR) is 115 cm³/mol. The fourth-order valence-electron chi connectivity index (χ4n) is 2.21. The zero-order valence-electron chi connectivity index (χ0n) is 16.7. The highest BCUT2D eigenvalue weighted by Crippen LogP contribution is 2.14. The summed E-state index contributed by atoms with van der Waals surface area (Å²) < 4.78 is 11.0. The van der Waals surface area contributed by atoms with Crippen molar-refractivity contribution in [2.45, 2.75) is 20.8 Å². The molecule has 8 heteroatoms. The van der Waals surface area contributed by atoms with Gasteiger partial charge >= 0.3 is 0 Å². The van der Waals surface area contributed by atoms with Crippen molar-refractivity contribution in [1.29, 1.82) is 0 Å². The third kappa shape index (κ3) is 8.18. The molecule has 0 spiro atoms. The first-order valence-electron chi connectivity index (χ1n) is 9.16. The molecule has 3 N–H and O–H groups in total. The number of aryl methyl sites for hydroxylation is 1. The third-order valence-electron chi connectivity index (χ3n) is 3.58. The highest BCUT2D eigenvalue weighted by molar-refractivity contribution is 7.80. The number of hydrazine groups is 1. The van der Waals surface area contributed by atoms with E-state index in [9.17, 15) is 9.59 Å². The summed E-state index contributed by atoms with van der Waals surface area (Å²) in [4.78, 5) is 24.1. The lowest BCUT2D eigenvalue weighted by Gasteiger charge is -2.12. The monoisotopic (exact) mass is 415 g/mol. The molecule has 29 heavy (non-hydrogen) atoms. The van der Waals surface area contributed by atoms with E-state index in [1.54, 1.807) is 30.3 Å². The predicted octanol–water partition coefficient (Wildman–Crippen LogP) is 2.74. The molecule has 0 fully saturated rings. The summed E-state index contributed by atoms with van der Waals surface area (Å²) in [5, 5.41) is 2.46. The molecule has 154 valence electrons. The van der Waals surface area contributed by atoms with Crippen LogP contribution in [0.5, 0.6) is 11.5 Å². The minimum absolute atomic E-state index is 0.0348. The van der Waals surface area contributed by atoms with E-state index < -0.39 is 11.8 Å². The maximum atomic E-state index is 12.3. The molecule has 0 radical (unpaired) electrons. The Labute approximate surface area is 175 Å². The van der Waals surface area contributed by atoms with Gasteiger partial charge in [-0.2, -0.15) is 0 Å². The SMILES string of the molecule is Cc1cccc(OCC(=O)NNC(=S)NC(=O)c2cccc(OCC(C)C)c2)c1. The largest absolute Gasteiger partial charge is 0.493 e. The molecule has 2 amide bonds. The first-order valence-corrected chi connectivity index (χ1v) is 9.57. The summed E-state index contributed by atoms with van der Waals surface area (Å²) in [6.07, 6.45) is 0. The maximum Gasteiger partial charge on any atom is 0.276 e. The Kier molecular flexibility index (Phi) is 8.42. The summed E-state index contributed by atoms with van der Waals surface area (Å²) in [6, 6.07) is 14.1. The highest BCUT2D eigenvalue weighted by atomic mass is 32.1. The second-order valence-electron chi connectivity index (χ2n) is 6.79. The van der Waals surface area contributed by atoms with Crippen LogP contribution in [0.1, 0.15) is 29.8 Å². The number of rotatable bonds is 7. The average molecular weight is 416 g/mol. The van der Waals surface area contributed by atoms with Crippen molar-refractivity contribution in [1.82, 2.24) is 16.2 Å². The van der Waals surface area contributed by atoms with Gasteiger partial charge in [0.2, 0.25) is 0 Å². The van der Waals surface area contributed by atoms with Crippen LogP contribution >= 0.6 is 12.2 Å². The van der Waals surface area contributed by atoms with Gasteiger partial charge in [-0.15, -0.1) is 0 Å². The van der Waals surface area contributed by atoms with Crippen molar-refractivity contribution in [2.24, 2.45) is 5.92 Å². The smallest absolute Gasteiger partial charge is 0.276 e. The van der Waals surface area contributed by atoms with E-state index >= 15 is 0 Å². The van der Waals surface area contributed by atoms with Gasteiger partial charge in [-0.1, -0.05) is 32.0 Å². The zero-order valence-corrected chi connectivity index (χ0v) is 17.5. The van der Waals surface area contributed by atoms with Gasteiger partial charge in [0.25, 0.3) is 11.8 Å². The van der Waals surface area contributed by atoms with E-state index in [2.05, 4.69) is 16.2 Å². The Morgan fingerprint density at radius 3 is 2.38 bits per heavy atom. The molecule has 0 aliphatic carbocycles. The van der Waals surface area contributed by atoms with Crippen LogP contribution in [0.2, 0.25) is 0 Å². The first kappa shape index (κ1) is 22.2. The van der Waals surface area contributed by atoms with Crippen LogP contribution in [0.3, 0.4) is 0 Å². The number of hydrogen-bond acceptors (Lipinski definition) is 5. The Morgan fingerprint density at radius 1 is 1.00 bits per heavy atom. The molecule has 0 bridgehead atoms. The molecule has 0 saturated carbocycles. The first-order chi connectivity index (χ1) is 13.8. The number of ether oxygens (including phenoxy) is 2. The normalized spacial score (nSPS) is 10.2. The summed E-state index contributed by atoms with van der Waals surface area (Å²) in [7, 11) is 0. The van der Waals surface area contributed by atoms with Gasteiger partial charge in [0.15, 0.2) is 11.7 Å². The molecule has 0 unspecified atom stereocenters. The molecule has 7 nitrogen and oxygen atoms in total. The average Bonchev–Trinajstić information content (AvgIpc) is 2.69. The molecule has 0 aliphatic rings. The van der Waals surface area contributed by atoms with Crippen LogP contribution in [-0.2, 0) is 4.79 Å². The topological polar surface area (TPSA) is 88.7 Å². The van der Waals surface area contributed by atoms with E-state index in [0.717, 1.165) is 5.56 Å². The second-order valence-corrected chi connectivity index (χ2v) is 7.20. The summed E-state index contributed by atoms with van der Waals surface area (Å²) >= 11 is 5.03. The number of carbonyl (C=O) groups excluding carboxylic acids is 2. The van der Waals surface area contributed by atoms with Gasteiger partial charge in [0.1, 0.15) is 11.5 Å². The molecular weight excluding hydrogens is 390 g/mol. The van der Waals surface area contributed by atoms with Gasteiger partial charge in [-0.25, -0.2) is 0 Å². The maximum absolute atomic E-state index is 12.3. The van der Waals surface area contributed by atoms with Crippen molar-refractivity contribution in [3.63, 3.8) is 0 Å². The number of thiocarbonyl (C=S) groups is 1. The van der Waals surface area contributed by atoms with Crippen LogP contribution in [0, 0.1) is 12.8 Å². The van der Waals surface area contributed by atoms with E-state index in [-0.39, 0.29) is 11.7 Å². The van der Waals surface area contributed by atoms with Crippen molar-refractivity contribution >= 4 is 29.1 Å². The molecule has 2 aromatic rings. The van der Waals surface area contributed by atoms with Crippen molar-refractivity contribution < 1.29 is 19.1 Å². The quantitative estimate of drug-likeness (QED) is 0.476. The van der Waals surface area contributed by atoms with Gasteiger partial charge in [-0.3, -0.25) is 25.8 Å². The summed E-state index contributed by atoms with van der Waals surface area (Å²) in [5.41, 5.74) is 6.27. The van der Waals surface area contributed by atoms with Gasteiger partial charge in [-0.05, 0) is 61.0 Å². The Morgan fingerprint density at radius 2 is 1.69 bits per heavy atom. The standard InChI is InChI=1S/C21H25N3O4S/c1-14(2)12-27-18-9-5-7-16(11-18)20(26)22-21(29)24-23-19(25)13-28-17-8-4-6-15(3)10-17/h4-11,14H,12-13H2,1-3H3,(H,23,25)(H2,22,24,26,29). The fourth-order valence-corrected chi connectivity index (χ4v) is 2.36. The molecule has 2 aromatic carbocycles. The second kappa shape index (κ2) is 11.0. The lowest BCUT2D eigenvalue weighted by molar-refractivity contribution is -0.123. The fraction of sp³-hybridized carbons (Fsp3) is 0.286. The van der Waals surface area contributed by atoms with Gasteiger partial charge in [0.05, 0.1) is 6.61 Å². The zero-order chi connectivity index (χ0) is 21.2.